The van der Waals surface area contributed by atoms with Crippen molar-refractivity contribution in [3.8, 4) is 0 Å². The third-order valence-corrected chi connectivity index (χ3v) is 6.48. The molecule has 8 heteroatoms. The maximum atomic E-state index is 12.8. The van der Waals surface area contributed by atoms with E-state index in [-0.39, 0.29) is 29.3 Å². The number of hydrogen-bond acceptors (Lipinski definition) is 4. The van der Waals surface area contributed by atoms with Crippen LogP contribution in [0.2, 0.25) is 5.02 Å². The molecule has 1 saturated heterocycles. The van der Waals surface area contributed by atoms with E-state index in [1.165, 1.54) is 16.4 Å². The second kappa shape index (κ2) is 8.98. The van der Waals surface area contributed by atoms with Crippen molar-refractivity contribution in [3.05, 3.63) is 29.3 Å². The largest absolute Gasteiger partial charge is 0.385 e. The van der Waals surface area contributed by atoms with Gasteiger partial charge in [-0.25, -0.2) is 8.42 Å². The lowest BCUT2D eigenvalue weighted by atomic mass is 9.98. The maximum Gasteiger partial charge on any atom is 0.243 e. The van der Waals surface area contributed by atoms with Crippen LogP contribution in [0.3, 0.4) is 0 Å². The van der Waals surface area contributed by atoms with E-state index in [1.807, 2.05) is 6.92 Å². The van der Waals surface area contributed by atoms with Crippen LogP contribution in [0, 0.1) is 5.92 Å². The van der Waals surface area contributed by atoms with E-state index < -0.39 is 10.0 Å². The van der Waals surface area contributed by atoms with Crippen molar-refractivity contribution < 1.29 is 17.9 Å². The Labute approximate surface area is 154 Å². The average molecular weight is 389 g/mol. The molecule has 0 aliphatic carbocycles. The first-order valence-corrected chi connectivity index (χ1v) is 10.2. The molecule has 1 aliphatic rings. The first-order chi connectivity index (χ1) is 11.8. The Hall–Kier alpha value is -1.15. The number of sulfonamides is 1. The minimum absolute atomic E-state index is 0.00398. The lowest BCUT2D eigenvalue weighted by Gasteiger charge is -2.31. The molecule has 140 valence electrons. The van der Waals surface area contributed by atoms with Crippen LogP contribution < -0.4 is 5.32 Å². The zero-order valence-electron chi connectivity index (χ0n) is 14.6. The highest BCUT2D eigenvalue weighted by Crippen LogP contribution is 2.25. The highest BCUT2D eigenvalue weighted by molar-refractivity contribution is 7.89. The van der Waals surface area contributed by atoms with Crippen molar-refractivity contribution >= 4 is 27.5 Å². The number of nitrogens with one attached hydrogen (secondary N) is 1. The molecule has 1 N–H and O–H groups in total. The number of methoxy groups -OCH3 is 1. The molecule has 0 saturated carbocycles. The summed E-state index contributed by atoms with van der Waals surface area (Å²) in [5.41, 5.74) is 0. The number of hydrogen-bond donors (Lipinski definition) is 1. The molecule has 1 aliphatic heterocycles. The SMILES string of the molecule is COCCC(C)NC(=O)C1CCCN(S(=O)(=O)c2ccc(Cl)cc2)C1. The topological polar surface area (TPSA) is 75.7 Å². The van der Waals surface area contributed by atoms with Gasteiger partial charge in [0.2, 0.25) is 15.9 Å². The Morgan fingerprint density at radius 2 is 2.08 bits per heavy atom. The number of ether oxygens (including phenoxy) is 1. The molecule has 0 aromatic heterocycles. The molecule has 0 bridgehead atoms. The molecule has 1 fully saturated rings. The molecule has 1 heterocycles. The number of piperidine rings is 1. The summed E-state index contributed by atoms with van der Waals surface area (Å²) in [5.74, 6) is -0.430. The van der Waals surface area contributed by atoms with Gasteiger partial charge in [0, 0.05) is 37.9 Å². The number of amides is 1. The minimum Gasteiger partial charge on any atom is -0.385 e. The highest BCUT2D eigenvalue weighted by Gasteiger charge is 2.33. The Morgan fingerprint density at radius 1 is 1.40 bits per heavy atom. The summed E-state index contributed by atoms with van der Waals surface area (Å²) in [6.45, 7) is 3.12. The fourth-order valence-electron chi connectivity index (χ4n) is 2.86. The number of benzene rings is 1. The number of halogens is 1. The van der Waals surface area contributed by atoms with E-state index in [0.29, 0.717) is 31.0 Å². The average Bonchev–Trinajstić information content (AvgIpc) is 2.60. The molecular weight excluding hydrogens is 364 g/mol. The van der Waals surface area contributed by atoms with Gasteiger partial charge in [-0.2, -0.15) is 4.31 Å². The first-order valence-electron chi connectivity index (χ1n) is 8.39. The zero-order valence-corrected chi connectivity index (χ0v) is 16.1. The quantitative estimate of drug-likeness (QED) is 0.777. The molecular formula is C17H25ClN2O4S. The summed E-state index contributed by atoms with van der Waals surface area (Å²) in [6.07, 6.45) is 2.08. The summed E-state index contributed by atoms with van der Waals surface area (Å²) in [6, 6.07) is 6.10. The predicted octanol–water partition coefficient (Wildman–Crippen LogP) is 2.28. The van der Waals surface area contributed by atoms with Gasteiger partial charge < -0.3 is 10.1 Å². The number of carbonyl (C=O) groups excluding carboxylic acids is 1. The van der Waals surface area contributed by atoms with E-state index >= 15 is 0 Å². The molecule has 6 nitrogen and oxygen atoms in total. The fourth-order valence-corrected chi connectivity index (χ4v) is 4.51. The van der Waals surface area contributed by atoms with Crippen LogP contribution in [-0.2, 0) is 19.6 Å². The number of nitrogens with zero attached hydrogens (tertiary/aromatic N) is 1. The smallest absolute Gasteiger partial charge is 0.243 e. The monoisotopic (exact) mass is 388 g/mol. The molecule has 2 rings (SSSR count). The Kier molecular flexibility index (Phi) is 7.25. The van der Waals surface area contributed by atoms with E-state index in [0.717, 1.165) is 6.42 Å². The number of rotatable bonds is 7. The van der Waals surface area contributed by atoms with Crippen molar-refractivity contribution in [2.24, 2.45) is 5.92 Å². The van der Waals surface area contributed by atoms with Crippen LogP contribution in [0.1, 0.15) is 26.2 Å². The van der Waals surface area contributed by atoms with Gasteiger partial charge in [-0.05, 0) is 50.5 Å². The third kappa shape index (κ3) is 5.41. The van der Waals surface area contributed by atoms with Crippen molar-refractivity contribution in [2.75, 3.05) is 26.8 Å². The molecule has 2 unspecified atom stereocenters. The molecule has 1 aromatic carbocycles. The van der Waals surface area contributed by atoms with Crippen LogP contribution in [-0.4, -0.2) is 51.5 Å². The summed E-state index contributed by atoms with van der Waals surface area (Å²) >= 11 is 5.83. The number of carbonyl (C=O) groups is 1. The van der Waals surface area contributed by atoms with Gasteiger partial charge in [-0.15, -0.1) is 0 Å². The van der Waals surface area contributed by atoms with Gasteiger partial charge in [-0.3, -0.25) is 4.79 Å². The molecule has 0 spiro atoms. The van der Waals surface area contributed by atoms with E-state index in [1.54, 1.807) is 19.2 Å². The van der Waals surface area contributed by atoms with Gasteiger partial charge in [0.05, 0.1) is 10.8 Å². The van der Waals surface area contributed by atoms with Gasteiger partial charge >= 0.3 is 0 Å². The van der Waals surface area contributed by atoms with Crippen molar-refractivity contribution in [1.29, 1.82) is 0 Å². The summed E-state index contributed by atoms with van der Waals surface area (Å²) in [4.78, 5) is 12.6. The molecule has 0 radical (unpaired) electrons. The van der Waals surface area contributed by atoms with Crippen molar-refractivity contribution in [2.45, 2.75) is 37.1 Å². The second-order valence-electron chi connectivity index (χ2n) is 6.35. The van der Waals surface area contributed by atoms with Crippen LogP contribution >= 0.6 is 11.6 Å². The molecule has 1 amide bonds. The minimum atomic E-state index is -3.61. The predicted molar refractivity (Wildman–Crippen MR) is 97.0 cm³/mol. The standard InChI is InChI=1S/C17H25ClN2O4S/c1-13(9-11-24-2)19-17(21)14-4-3-10-20(12-14)25(22,23)16-7-5-15(18)6-8-16/h5-8,13-14H,3-4,9-12H2,1-2H3,(H,19,21). The lowest BCUT2D eigenvalue weighted by molar-refractivity contribution is -0.126. The van der Waals surface area contributed by atoms with E-state index in [9.17, 15) is 13.2 Å². The third-order valence-electron chi connectivity index (χ3n) is 4.35. The summed E-state index contributed by atoms with van der Waals surface area (Å²) < 4.78 is 31.9. The molecule has 2 atom stereocenters. The van der Waals surface area contributed by atoms with Crippen LogP contribution in [0.25, 0.3) is 0 Å². The highest BCUT2D eigenvalue weighted by atomic mass is 35.5. The van der Waals surface area contributed by atoms with Gasteiger partial charge in [0.15, 0.2) is 0 Å². The van der Waals surface area contributed by atoms with Gasteiger partial charge in [0.25, 0.3) is 0 Å². The zero-order chi connectivity index (χ0) is 18.4. The maximum absolute atomic E-state index is 12.8. The van der Waals surface area contributed by atoms with Crippen molar-refractivity contribution in [1.82, 2.24) is 9.62 Å². The van der Waals surface area contributed by atoms with Crippen LogP contribution in [0.4, 0.5) is 0 Å². The van der Waals surface area contributed by atoms with E-state index in [2.05, 4.69) is 5.32 Å². The lowest BCUT2D eigenvalue weighted by Crippen LogP contribution is -2.47. The second-order valence-corrected chi connectivity index (χ2v) is 8.72. The van der Waals surface area contributed by atoms with Crippen molar-refractivity contribution in [3.63, 3.8) is 0 Å². The normalized spacial score (nSPS) is 20.2. The van der Waals surface area contributed by atoms with Crippen LogP contribution in [0.15, 0.2) is 29.2 Å². The Balaban J connectivity index is 2.02. The molecule has 1 aromatic rings. The fraction of sp³-hybridized carbons (Fsp3) is 0.588. The van der Waals surface area contributed by atoms with E-state index in [4.69, 9.17) is 16.3 Å². The summed E-state index contributed by atoms with van der Waals surface area (Å²) in [5, 5.41) is 3.43. The Bertz CT molecular complexity index is 678. The van der Waals surface area contributed by atoms with Gasteiger partial charge in [-0.1, -0.05) is 11.6 Å². The molecule has 25 heavy (non-hydrogen) atoms. The first kappa shape index (κ1) is 20.2. The summed E-state index contributed by atoms with van der Waals surface area (Å²) in [7, 11) is -1.99. The Morgan fingerprint density at radius 3 is 2.72 bits per heavy atom. The van der Waals surface area contributed by atoms with Crippen LogP contribution in [0.5, 0.6) is 0 Å². The van der Waals surface area contributed by atoms with Gasteiger partial charge in [0.1, 0.15) is 0 Å².